The fourth-order valence-corrected chi connectivity index (χ4v) is 5.32. The van der Waals surface area contributed by atoms with E-state index in [9.17, 15) is 19.5 Å². The van der Waals surface area contributed by atoms with Gasteiger partial charge in [-0.1, -0.05) is 49.9 Å². The molecule has 3 unspecified atom stereocenters. The molecule has 0 aromatic heterocycles. The van der Waals surface area contributed by atoms with E-state index in [-0.39, 0.29) is 33.7 Å². The van der Waals surface area contributed by atoms with Crippen LogP contribution in [0.25, 0.3) is 0 Å². The predicted octanol–water partition coefficient (Wildman–Crippen LogP) is 1.96. The number of ketones is 1. The van der Waals surface area contributed by atoms with Crippen molar-refractivity contribution in [2.45, 2.75) is 37.1 Å². The van der Waals surface area contributed by atoms with Crippen LogP contribution in [-0.2, 0) is 16.1 Å². The van der Waals surface area contributed by atoms with Gasteiger partial charge in [-0.25, -0.2) is 0 Å². The van der Waals surface area contributed by atoms with Crippen molar-refractivity contribution in [2.75, 3.05) is 11.5 Å². The highest BCUT2D eigenvalue weighted by Gasteiger charge is 2.72. The number of nitrogen functional groups attached to an aromatic ring is 1. The molecule has 2 aromatic rings. The second kappa shape index (κ2) is 6.48. The van der Waals surface area contributed by atoms with Crippen molar-refractivity contribution < 1.29 is 24.2 Å². The van der Waals surface area contributed by atoms with E-state index in [1.165, 1.54) is 0 Å². The van der Waals surface area contributed by atoms with E-state index in [4.69, 9.17) is 10.5 Å². The van der Waals surface area contributed by atoms with E-state index < -0.39 is 29.1 Å². The number of anilines is 1. The second-order valence-corrected chi connectivity index (χ2v) is 9.28. The van der Waals surface area contributed by atoms with Gasteiger partial charge >= 0.3 is 0 Å². The Morgan fingerprint density at radius 2 is 2.06 bits per heavy atom. The molecule has 5 N–H and O–H groups in total. The van der Waals surface area contributed by atoms with Crippen LogP contribution in [0, 0.1) is 0 Å². The highest BCUT2D eigenvalue weighted by molar-refractivity contribution is 8.14. The molecule has 0 radical (unpaired) electrons. The normalized spacial score (nSPS) is 28.1. The van der Waals surface area contributed by atoms with Gasteiger partial charge in [-0.3, -0.25) is 14.4 Å². The first-order valence-electron chi connectivity index (χ1n) is 9.94. The highest BCUT2D eigenvalue weighted by Crippen LogP contribution is 2.59. The molecule has 1 fully saturated rings. The molecule has 8 nitrogen and oxygen atoms in total. The van der Waals surface area contributed by atoms with Crippen LogP contribution >= 0.6 is 11.8 Å². The molecule has 3 aliphatic rings. The van der Waals surface area contributed by atoms with Crippen LogP contribution in [0.15, 0.2) is 36.4 Å². The van der Waals surface area contributed by atoms with Crippen LogP contribution in [0.2, 0.25) is 0 Å². The molecule has 1 aliphatic carbocycles. The molecule has 9 heteroatoms. The number of amides is 2. The minimum absolute atomic E-state index is 0.119. The Hall–Kier alpha value is -3.04. The smallest absolute Gasteiger partial charge is 0.279 e. The standard InChI is InChI=1S/C22H21N3O5S/c1-10(2)11-6-7-12-16(8-11)30-22(29)13-4-3-5-14(23)17(13)18(26)21(12,22)25-19(27)15-9-31-20(28)24-15/h3-8,10,15,29H,9,23H2,1-2H3,(H,24,28)(H,25,27). The summed E-state index contributed by atoms with van der Waals surface area (Å²) in [7, 11) is 0. The van der Waals surface area contributed by atoms with E-state index in [2.05, 4.69) is 10.6 Å². The first-order valence-corrected chi connectivity index (χ1v) is 10.9. The van der Waals surface area contributed by atoms with Gasteiger partial charge in [0.05, 0.1) is 5.56 Å². The van der Waals surface area contributed by atoms with Gasteiger partial charge in [0.2, 0.25) is 17.2 Å². The van der Waals surface area contributed by atoms with Gasteiger partial charge in [0, 0.05) is 22.6 Å². The summed E-state index contributed by atoms with van der Waals surface area (Å²) in [4.78, 5) is 38.5. The molecule has 0 saturated carbocycles. The van der Waals surface area contributed by atoms with E-state index in [1.807, 2.05) is 19.9 Å². The summed E-state index contributed by atoms with van der Waals surface area (Å²) in [5.74, 6) is -2.56. The lowest BCUT2D eigenvalue weighted by molar-refractivity contribution is -0.175. The number of carbonyl (C=O) groups is 3. The number of Topliss-reactive ketones (excluding diaryl/α,β-unsaturated/α-hetero) is 1. The van der Waals surface area contributed by atoms with Crippen molar-refractivity contribution in [3.05, 3.63) is 58.7 Å². The van der Waals surface area contributed by atoms with Crippen LogP contribution in [0.4, 0.5) is 10.5 Å². The first-order chi connectivity index (χ1) is 14.7. The Morgan fingerprint density at radius 3 is 2.74 bits per heavy atom. The third-order valence-corrected chi connectivity index (χ3v) is 7.05. The summed E-state index contributed by atoms with van der Waals surface area (Å²) in [6.45, 7) is 4.04. The molecule has 2 heterocycles. The number of aliphatic hydroxyl groups is 1. The Kier molecular flexibility index (Phi) is 4.16. The average Bonchev–Trinajstić information content (AvgIpc) is 3.32. The predicted molar refractivity (Wildman–Crippen MR) is 115 cm³/mol. The number of carbonyl (C=O) groups excluding carboxylic acids is 3. The zero-order valence-electron chi connectivity index (χ0n) is 16.9. The molecule has 0 bridgehead atoms. The summed E-state index contributed by atoms with van der Waals surface area (Å²) in [6.07, 6.45) is 0. The number of nitrogens with two attached hydrogens (primary N) is 1. The summed E-state index contributed by atoms with van der Waals surface area (Å²) in [6, 6.07) is 9.24. The van der Waals surface area contributed by atoms with E-state index in [0.29, 0.717) is 11.3 Å². The zero-order valence-corrected chi connectivity index (χ0v) is 17.7. The fourth-order valence-electron chi connectivity index (χ4n) is 4.54. The number of nitrogens with one attached hydrogen (secondary N) is 2. The molecule has 2 aliphatic heterocycles. The van der Waals surface area contributed by atoms with E-state index in [1.54, 1.807) is 30.3 Å². The molecule has 31 heavy (non-hydrogen) atoms. The Labute approximate surface area is 182 Å². The minimum Gasteiger partial charge on any atom is -0.454 e. The Balaban J connectivity index is 1.69. The lowest BCUT2D eigenvalue weighted by atomic mass is 9.82. The first kappa shape index (κ1) is 19.9. The quantitative estimate of drug-likeness (QED) is 0.538. The molecule has 5 rings (SSSR count). The van der Waals surface area contributed by atoms with Gasteiger partial charge in [0.15, 0.2) is 0 Å². The van der Waals surface area contributed by atoms with Crippen molar-refractivity contribution in [1.29, 1.82) is 0 Å². The van der Waals surface area contributed by atoms with Gasteiger partial charge < -0.3 is 26.2 Å². The van der Waals surface area contributed by atoms with Gasteiger partial charge in [-0.2, -0.15) is 0 Å². The van der Waals surface area contributed by atoms with Gasteiger partial charge in [0.25, 0.3) is 11.0 Å². The van der Waals surface area contributed by atoms with Gasteiger partial charge in [0.1, 0.15) is 11.8 Å². The Bertz CT molecular complexity index is 1170. The van der Waals surface area contributed by atoms with Crippen molar-refractivity contribution >= 4 is 34.4 Å². The molecule has 2 aromatic carbocycles. The number of hydrogen-bond acceptors (Lipinski definition) is 7. The monoisotopic (exact) mass is 439 g/mol. The number of benzene rings is 2. The van der Waals surface area contributed by atoms with Crippen LogP contribution in [0.3, 0.4) is 0 Å². The average molecular weight is 439 g/mol. The van der Waals surface area contributed by atoms with Crippen molar-refractivity contribution in [3.8, 4) is 5.75 Å². The van der Waals surface area contributed by atoms with E-state index in [0.717, 1.165) is 17.3 Å². The molecular weight excluding hydrogens is 418 g/mol. The maximum atomic E-state index is 13.8. The molecule has 160 valence electrons. The number of thioether (sulfide) groups is 1. The SMILES string of the molecule is CC(C)c1ccc2c(c1)OC1(O)c3cccc(N)c3C(=O)C21NC(=O)C1CSC(=O)N1. The number of hydrogen-bond donors (Lipinski definition) is 4. The maximum absolute atomic E-state index is 13.8. The molecule has 3 atom stereocenters. The lowest BCUT2D eigenvalue weighted by Crippen LogP contribution is -2.62. The lowest BCUT2D eigenvalue weighted by Gasteiger charge is -2.35. The highest BCUT2D eigenvalue weighted by atomic mass is 32.2. The van der Waals surface area contributed by atoms with Gasteiger partial charge in [-0.05, 0) is 23.6 Å². The van der Waals surface area contributed by atoms with Crippen LogP contribution in [-0.4, -0.2) is 33.8 Å². The third kappa shape index (κ3) is 2.50. The Morgan fingerprint density at radius 1 is 1.29 bits per heavy atom. The molecular formula is C22H21N3O5S. The van der Waals surface area contributed by atoms with Crippen molar-refractivity contribution in [3.63, 3.8) is 0 Å². The molecule has 2 amide bonds. The van der Waals surface area contributed by atoms with Gasteiger partial charge in [-0.15, -0.1) is 0 Å². The zero-order chi connectivity index (χ0) is 22.1. The number of fused-ring (bicyclic) bond motifs is 5. The largest absolute Gasteiger partial charge is 0.454 e. The summed E-state index contributed by atoms with van der Waals surface area (Å²) >= 11 is 0.985. The topological polar surface area (TPSA) is 131 Å². The van der Waals surface area contributed by atoms with E-state index >= 15 is 0 Å². The summed E-state index contributed by atoms with van der Waals surface area (Å²) in [5, 5.41) is 16.8. The van der Waals surface area contributed by atoms with Crippen molar-refractivity contribution in [2.24, 2.45) is 0 Å². The van der Waals surface area contributed by atoms with Crippen LogP contribution < -0.4 is 21.1 Å². The maximum Gasteiger partial charge on any atom is 0.279 e. The van der Waals surface area contributed by atoms with Crippen molar-refractivity contribution in [1.82, 2.24) is 10.6 Å². The number of ether oxygens (including phenoxy) is 1. The molecule has 0 spiro atoms. The third-order valence-electron chi connectivity index (χ3n) is 6.17. The van der Waals surface area contributed by atoms with Crippen LogP contribution in [0.1, 0.15) is 46.8 Å². The second-order valence-electron chi connectivity index (χ2n) is 8.29. The number of rotatable bonds is 3. The summed E-state index contributed by atoms with van der Waals surface area (Å²) in [5.41, 5.74) is 5.99. The minimum atomic E-state index is -2.17. The molecule has 1 saturated heterocycles. The van der Waals surface area contributed by atoms with Crippen LogP contribution in [0.5, 0.6) is 5.75 Å². The summed E-state index contributed by atoms with van der Waals surface area (Å²) < 4.78 is 6.02. The fraction of sp³-hybridized carbons (Fsp3) is 0.318.